The van der Waals surface area contributed by atoms with Gasteiger partial charge in [0.2, 0.25) is 0 Å². The quantitative estimate of drug-likeness (QED) is 0.881. The summed E-state index contributed by atoms with van der Waals surface area (Å²) in [6.07, 6.45) is 4.25. The summed E-state index contributed by atoms with van der Waals surface area (Å²) in [7, 11) is 1.60. The van der Waals surface area contributed by atoms with Gasteiger partial charge in [-0.25, -0.2) is 0 Å². The van der Waals surface area contributed by atoms with E-state index >= 15 is 0 Å². The Balaban J connectivity index is 2.22. The summed E-state index contributed by atoms with van der Waals surface area (Å²) >= 11 is 6.10. The highest BCUT2D eigenvalue weighted by molar-refractivity contribution is 6.31. The first-order valence-corrected chi connectivity index (χ1v) is 6.26. The van der Waals surface area contributed by atoms with Crippen molar-refractivity contribution in [2.75, 3.05) is 13.7 Å². The van der Waals surface area contributed by atoms with Gasteiger partial charge in [-0.1, -0.05) is 11.6 Å². The third-order valence-electron chi connectivity index (χ3n) is 3.06. The lowest BCUT2D eigenvalue weighted by Gasteiger charge is -2.27. The number of aliphatic hydroxyl groups is 1. The van der Waals surface area contributed by atoms with Crippen LogP contribution in [-0.4, -0.2) is 24.9 Å². The predicted molar refractivity (Wildman–Crippen MR) is 67.1 cm³/mol. The van der Waals surface area contributed by atoms with E-state index in [1.165, 1.54) is 6.42 Å². The summed E-state index contributed by atoms with van der Waals surface area (Å²) in [6, 6.07) is 3.62. The molecule has 0 unspecified atom stereocenters. The van der Waals surface area contributed by atoms with Crippen LogP contribution in [0.4, 0.5) is 0 Å². The lowest BCUT2D eigenvalue weighted by molar-refractivity contribution is 0.116. The Bertz CT molecular complexity index is 388. The minimum Gasteiger partial charge on any atom is -0.493 e. The van der Waals surface area contributed by atoms with Gasteiger partial charge in [0.25, 0.3) is 0 Å². The van der Waals surface area contributed by atoms with Gasteiger partial charge in [-0.3, -0.25) is 0 Å². The molecular formula is C13H17ClO3. The molecule has 1 aliphatic carbocycles. The van der Waals surface area contributed by atoms with Crippen LogP contribution in [0.15, 0.2) is 12.1 Å². The molecule has 94 valence electrons. The molecule has 0 aromatic heterocycles. The maximum atomic E-state index is 8.97. The highest BCUT2D eigenvalue weighted by atomic mass is 35.5. The number of hydrogen-bond donors (Lipinski definition) is 1. The van der Waals surface area contributed by atoms with Gasteiger partial charge in [0, 0.05) is 17.7 Å². The van der Waals surface area contributed by atoms with Crippen LogP contribution in [-0.2, 0) is 6.42 Å². The summed E-state index contributed by atoms with van der Waals surface area (Å²) in [5, 5.41) is 9.58. The van der Waals surface area contributed by atoms with Crippen LogP contribution in [0, 0.1) is 0 Å². The molecule has 1 N–H and O–H groups in total. The smallest absolute Gasteiger partial charge is 0.162 e. The van der Waals surface area contributed by atoms with Crippen LogP contribution in [0.1, 0.15) is 24.8 Å². The SMILES string of the molecule is COc1cc(Cl)c(CCO)cc1OC1CCC1. The van der Waals surface area contributed by atoms with Gasteiger partial charge < -0.3 is 14.6 Å². The van der Waals surface area contributed by atoms with Gasteiger partial charge in [-0.2, -0.15) is 0 Å². The Morgan fingerprint density at radius 1 is 1.35 bits per heavy atom. The fourth-order valence-electron chi connectivity index (χ4n) is 1.81. The van der Waals surface area contributed by atoms with Crippen LogP contribution in [0.2, 0.25) is 5.02 Å². The van der Waals surface area contributed by atoms with Crippen molar-refractivity contribution < 1.29 is 14.6 Å². The Hall–Kier alpha value is -0.930. The molecule has 1 aromatic rings. The van der Waals surface area contributed by atoms with E-state index in [-0.39, 0.29) is 6.61 Å². The van der Waals surface area contributed by atoms with Crippen LogP contribution >= 0.6 is 11.6 Å². The number of benzene rings is 1. The van der Waals surface area contributed by atoms with Gasteiger partial charge in [-0.15, -0.1) is 0 Å². The Morgan fingerprint density at radius 3 is 2.65 bits per heavy atom. The molecule has 0 saturated heterocycles. The maximum Gasteiger partial charge on any atom is 0.162 e. The van der Waals surface area contributed by atoms with Gasteiger partial charge in [0.05, 0.1) is 13.2 Å². The van der Waals surface area contributed by atoms with Crippen molar-refractivity contribution >= 4 is 11.6 Å². The van der Waals surface area contributed by atoms with E-state index in [1.54, 1.807) is 13.2 Å². The molecule has 4 heteroatoms. The third-order valence-corrected chi connectivity index (χ3v) is 3.41. The Kier molecular flexibility index (Phi) is 4.13. The largest absolute Gasteiger partial charge is 0.493 e. The monoisotopic (exact) mass is 256 g/mol. The second-order valence-corrected chi connectivity index (χ2v) is 4.65. The molecule has 0 spiro atoms. The number of methoxy groups -OCH3 is 1. The molecular weight excluding hydrogens is 240 g/mol. The third kappa shape index (κ3) is 2.85. The number of hydrogen-bond acceptors (Lipinski definition) is 3. The van der Waals surface area contributed by atoms with Gasteiger partial charge >= 0.3 is 0 Å². The molecule has 1 aromatic carbocycles. The summed E-state index contributed by atoms with van der Waals surface area (Å²) in [4.78, 5) is 0. The standard InChI is InChI=1S/C13H17ClO3/c1-16-12-8-11(14)9(5-6-15)7-13(12)17-10-3-2-4-10/h7-8,10,15H,2-6H2,1H3. The van der Waals surface area contributed by atoms with E-state index in [9.17, 15) is 0 Å². The van der Waals surface area contributed by atoms with E-state index in [0.29, 0.717) is 23.3 Å². The summed E-state index contributed by atoms with van der Waals surface area (Å²) in [6.45, 7) is 0.0783. The molecule has 1 fully saturated rings. The minimum atomic E-state index is 0.0783. The number of ether oxygens (including phenoxy) is 2. The molecule has 2 rings (SSSR count). The fraction of sp³-hybridized carbons (Fsp3) is 0.538. The number of halogens is 1. The zero-order valence-electron chi connectivity index (χ0n) is 9.91. The average molecular weight is 257 g/mol. The molecule has 17 heavy (non-hydrogen) atoms. The predicted octanol–water partition coefficient (Wildman–Crippen LogP) is 2.81. The summed E-state index contributed by atoms with van der Waals surface area (Å²) in [5.74, 6) is 1.38. The minimum absolute atomic E-state index is 0.0783. The van der Waals surface area contributed by atoms with Crippen molar-refractivity contribution in [1.82, 2.24) is 0 Å². The van der Waals surface area contributed by atoms with Crippen molar-refractivity contribution in [3.05, 3.63) is 22.7 Å². The molecule has 0 amide bonds. The molecule has 0 heterocycles. The van der Waals surface area contributed by atoms with Gasteiger partial charge in [0.1, 0.15) is 0 Å². The van der Waals surface area contributed by atoms with Crippen LogP contribution in [0.25, 0.3) is 0 Å². The zero-order valence-corrected chi connectivity index (χ0v) is 10.7. The highest BCUT2D eigenvalue weighted by Gasteiger charge is 2.21. The van der Waals surface area contributed by atoms with E-state index in [2.05, 4.69) is 0 Å². The normalized spacial score (nSPS) is 15.5. The Morgan fingerprint density at radius 2 is 2.12 bits per heavy atom. The molecule has 0 bridgehead atoms. The first-order valence-electron chi connectivity index (χ1n) is 5.88. The highest BCUT2D eigenvalue weighted by Crippen LogP contribution is 2.36. The molecule has 0 atom stereocenters. The van der Waals surface area contributed by atoms with Crippen molar-refractivity contribution in [1.29, 1.82) is 0 Å². The van der Waals surface area contributed by atoms with E-state index < -0.39 is 0 Å². The van der Waals surface area contributed by atoms with Gasteiger partial charge in [-0.05, 0) is 37.3 Å². The van der Waals surface area contributed by atoms with E-state index in [0.717, 1.165) is 24.2 Å². The van der Waals surface area contributed by atoms with Crippen molar-refractivity contribution in [2.45, 2.75) is 31.8 Å². The second-order valence-electron chi connectivity index (χ2n) is 4.24. The number of aliphatic hydroxyl groups excluding tert-OH is 1. The zero-order chi connectivity index (χ0) is 12.3. The fourth-order valence-corrected chi connectivity index (χ4v) is 2.06. The van der Waals surface area contributed by atoms with Crippen molar-refractivity contribution in [3.8, 4) is 11.5 Å². The molecule has 1 saturated carbocycles. The van der Waals surface area contributed by atoms with Gasteiger partial charge in [0.15, 0.2) is 11.5 Å². The lowest BCUT2D eigenvalue weighted by atomic mass is 9.96. The molecule has 0 radical (unpaired) electrons. The summed E-state index contributed by atoms with van der Waals surface area (Å²) < 4.78 is 11.1. The number of rotatable bonds is 5. The lowest BCUT2D eigenvalue weighted by Crippen LogP contribution is -2.24. The van der Waals surface area contributed by atoms with E-state index in [4.69, 9.17) is 26.2 Å². The van der Waals surface area contributed by atoms with Crippen molar-refractivity contribution in [3.63, 3.8) is 0 Å². The van der Waals surface area contributed by atoms with Crippen LogP contribution in [0.5, 0.6) is 11.5 Å². The Labute approximate surface area is 106 Å². The molecule has 1 aliphatic rings. The van der Waals surface area contributed by atoms with E-state index in [1.807, 2.05) is 6.07 Å². The topological polar surface area (TPSA) is 38.7 Å². The summed E-state index contributed by atoms with van der Waals surface area (Å²) in [5.41, 5.74) is 0.893. The first kappa shape index (κ1) is 12.5. The molecule has 3 nitrogen and oxygen atoms in total. The molecule has 0 aliphatic heterocycles. The first-order chi connectivity index (χ1) is 8.24. The van der Waals surface area contributed by atoms with Crippen LogP contribution in [0.3, 0.4) is 0 Å². The average Bonchev–Trinajstić information content (AvgIpc) is 2.27. The second kappa shape index (κ2) is 5.61. The maximum absolute atomic E-state index is 8.97. The van der Waals surface area contributed by atoms with Crippen molar-refractivity contribution in [2.24, 2.45) is 0 Å². The van der Waals surface area contributed by atoms with Crippen LogP contribution < -0.4 is 9.47 Å².